The van der Waals surface area contributed by atoms with Crippen LogP contribution in [0, 0.1) is 11.6 Å². The summed E-state index contributed by atoms with van der Waals surface area (Å²) in [5.41, 5.74) is 8.69. The van der Waals surface area contributed by atoms with Crippen molar-refractivity contribution in [2.45, 2.75) is 0 Å². The molecule has 0 saturated heterocycles. The predicted octanol–water partition coefficient (Wildman–Crippen LogP) is 5.32. The second-order valence-corrected chi connectivity index (χ2v) is 11.9. The second kappa shape index (κ2) is 10.2. The molecule has 0 aliphatic rings. The number of nitrogens with zero attached hydrogens (tertiary/aromatic N) is 3. The molecule has 218 valence electrons. The van der Waals surface area contributed by atoms with Gasteiger partial charge in [0.25, 0.3) is 5.91 Å². The summed E-state index contributed by atoms with van der Waals surface area (Å²) < 4.78 is 60.6. The van der Waals surface area contributed by atoms with Crippen LogP contribution in [-0.4, -0.2) is 49.6 Å². The number of halogens is 2. The number of nitrogen functional groups attached to an aromatic ring is 1. The Balaban J connectivity index is 1.63. The summed E-state index contributed by atoms with van der Waals surface area (Å²) in [6.45, 7) is 0. The molecule has 0 radical (unpaired) electrons. The quantitative estimate of drug-likeness (QED) is 0.234. The lowest BCUT2D eigenvalue weighted by atomic mass is 10.0. The number of rotatable bonds is 6. The molecule has 0 unspecified atom stereocenters. The third-order valence-electron chi connectivity index (χ3n) is 7.08. The Morgan fingerprint density at radius 2 is 1.77 bits per heavy atom. The Morgan fingerprint density at radius 3 is 2.44 bits per heavy atom. The lowest BCUT2D eigenvalue weighted by molar-refractivity contribution is 0.0964. The summed E-state index contributed by atoms with van der Waals surface area (Å²) in [7, 11) is -0.979. The van der Waals surface area contributed by atoms with Crippen molar-refractivity contribution < 1.29 is 26.4 Å². The zero-order valence-corrected chi connectivity index (χ0v) is 23.9. The summed E-state index contributed by atoms with van der Waals surface area (Å²) in [5, 5.41) is 3.28. The number of carbonyl (C=O) groups excluding carboxylic acids is 1. The van der Waals surface area contributed by atoms with Crippen LogP contribution in [0.25, 0.3) is 56.0 Å². The van der Waals surface area contributed by atoms with E-state index >= 15 is 0 Å². The number of H-pyrrole nitrogens is 1. The first kappa shape index (κ1) is 27.8. The Kier molecular flexibility index (Phi) is 6.61. The third-order valence-corrected chi connectivity index (χ3v) is 8.27. The van der Waals surface area contributed by atoms with Crippen LogP contribution in [0.15, 0.2) is 71.1 Å². The van der Waals surface area contributed by atoms with Gasteiger partial charge in [-0.15, -0.1) is 0 Å². The molecule has 43 heavy (non-hydrogen) atoms. The Labute approximate surface area is 244 Å². The van der Waals surface area contributed by atoms with E-state index in [0.29, 0.717) is 33.2 Å². The maximum absolute atomic E-state index is 14.4. The molecule has 0 aliphatic carbocycles. The molecule has 6 rings (SSSR count). The monoisotopic (exact) mass is 602 g/mol. The van der Waals surface area contributed by atoms with Crippen LogP contribution >= 0.6 is 0 Å². The Bertz CT molecular complexity index is 2180. The van der Waals surface area contributed by atoms with Gasteiger partial charge in [-0.05, 0) is 48.5 Å². The number of furan rings is 1. The van der Waals surface area contributed by atoms with Crippen molar-refractivity contribution in [1.82, 2.24) is 20.3 Å². The molecule has 3 heterocycles. The highest BCUT2D eigenvalue weighted by Crippen LogP contribution is 2.41. The molecule has 10 nitrogen and oxygen atoms in total. The molecule has 13 heteroatoms. The Morgan fingerprint density at radius 1 is 1.02 bits per heavy atom. The van der Waals surface area contributed by atoms with E-state index in [2.05, 4.69) is 20.3 Å². The summed E-state index contributed by atoms with van der Waals surface area (Å²) in [6.07, 6.45) is 1.04. The van der Waals surface area contributed by atoms with E-state index in [1.54, 1.807) is 24.3 Å². The summed E-state index contributed by atoms with van der Waals surface area (Å²) in [6, 6.07) is 16.2. The molecule has 3 aromatic carbocycles. The van der Waals surface area contributed by atoms with E-state index in [0.717, 1.165) is 10.6 Å². The molecule has 0 fully saturated rings. The molecular weight excluding hydrogens is 578 g/mol. The van der Waals surface area contributed by atoms with E-state index in [1.807, 2.05) is 0 Å². The first-order chi connectivity index (χ1) is 20.4. The molecule has 0 aliphatic heterocycles. The van der Waals surface area contributed by atoms with E-state index in [1.165, 1.54) is 56.6 Å². The fourth-order valence-corrected chi connectivity index (χ4v) is 5.39. The van der Waals surface area contributed by atoms with Crippen molar-refractivity contribution in [2.75, 3.05) is 30.4 Å². The average molecular weight is 603 g/mol. The van der Waals surface area contributed by atoms with E-state index in [4.69, 9.17) is 10.2 Å². The number of carbonyl (C=O) groups is 1. The zero-order valence-electron chi connectivity index (χ0n) is 23.1. The first-order valence-electron chi connectivity index (χ1n) is 12.9. The molecule has 0 atom stereocenters. The minimum atomic E-state index is -3.79. The fourth-order valence-electron chi connectivity index (χ4n) is 4.89. The molecule has 4 N–H and O–H groups in total. The van der Waals surface area contributed by atoms with Gasteiger partial charge >= 0.3 is 0 Å². The molecular formula is C30H24F2N6O4S. The minimum absolute atomic E-state index is 0.0499. The van der Waals surface area contributed by atoms with Gasteiger partial charge in [0.05, 0.1) is 28.9 Å². The number of nitrogens with two attached hydrogens (primary N) is 1. The molecule has 0 bridgehead atoms. The number of fused-ring (bicyclic) bond motifs is 2. The molecule has 6 aromatic rings. The van der Waals surface area contributed by atoms with Gasteiger partial charge in [-0.2, -0.15) is 0 Å². The number of aromatic nitrogens is 3. The van der Waals surface area contributed by atoms with Crippen molar-refractivity contribution >= 4 is 49.3 Å². The standard InChI is InChI=1S/C30H24F2N6O4S/c1-34-30(39)27-19-11-18(29-36-23(13-26(33)37-29)22-12-17-20(32)5-4-6-21(17)35-22)24(38(2)43(3,40)41)14-25(19)42-28(27)15-7-9-16(31)10-8-15/h4-14,35H,1-3H3,(H,34,39)(H2,33,36,37). The second-order valence-electron chi connectivity index (χ2n) is 9.87. The molecule has 1 amide bonds. The predicted molar refractivity (Wildman–Crippen MR) is 161 cm³/mol. The normalized spacial score (nSPS) is 11.7. The molecule has 3 aromatic heterocycles. The fraction of sp³-hybridized carbons (Fsp3) is 0.100. The van der Waals surface area contributed by atoms with Crippen LogP contribution in [0.5, 0.6) is 0 Å². The van der Waals surface area contributed by atoms with Crippen molar-refractivity contribution in [1.29, 1.82) is 0 Å². The van der Waals surface area contributed by atoms with Crippen LogP contribution in [0.4, 0.5) is 20.3 Å². The maximum atomic E-state index is 14.4. The maximum Gasteiger partial charge on any atom is 0.255 e. The van der Waals surface area contributed by atoms with Crippen LogP contribution in [-0.2, 0) is 10.0 Å². The van der Waals surface area contributed by atoms with E-state index in [-0.39, 0.29) is 39.8 Å². The highest BCUT2D eigenvalue weighted by molar-refractivity contribution is 7.92. The number of amides is 1. The SMILES string of the molecule is CNC(=O)c1c(-c2ccc(F)cc2)oc2cc(N(C)S(C)(=O)=O)c(-c3nc(N)cc(-c4cc5c(F)cccc5[nH]4)n3)cc12. The van der Waals surface area contributed by atoms with Crippen LogP contribution < -0.4 is 15.4 Å². The van der Waals surface area contributed by atoms with Gasteiger partial charge in [0.1, 0.15) is 28.8 Å². The summed E-state index contributed by atoms with van der Waals surface area (Å²) in [5.74, 6) is -1.08. The number of anilines is 2. The average Bonchev–Trinajstić information content (AvgIpc) is 3.58. The number of hydrogen-bond donors (Lipinski definition) is 3. The van der Waals surface area contributed by atoms with Crippen molar-refractivity contribution in [3.63, 3.8) is 0 Å². The topological polar surface area (TPSA) is 147 Å². The van der Waals surface area contributed by atoms with E-state index < -0.39 is 27.6 Å². The highest BCUT2D eigenvalue weighted by Gasteiger charge is 2.27. The van der Waals surface area contributed by atoms with Crippen LogP contribution in [0.3, 0.4) is 0 Å². The van der Waals surface area contributed by atoms with Crippen molar-refractivity contribution in [3.8, 4) is 34.1 Å². The number of benzene rings is 3. The van der Waals surface area contributed by atoms with Gasteiger partial charge in [0.2, 0.25) is 10.0 Å². The number of aromatic amines is 1. The van der Waals surface area contributed by atoms with Gasteiger partial charge in [-0.3, -0.25) is 9.10 Å². The molecule has 0 saturated carbocycles. The van der Waals surface area contributed by atoms with Gasteiger partial charge in [0.15, 0.2) is 5.82 Å². The number of sulfonamides is 1. The minimum Gasteiger partial charge on any atom is -0.455 e. The lowest BCUT2D eigenvalue weighted by Crippen LogP contribution is -2.25. The molecule has 0 spiro atoms. The lowest BCUT2D eigenvalue weighted by Gasteiger charge is -2.20. The van der Waals surface area contributed by atoms with Gasteiger partial charge < -0.3 is 20.5 Å². The van der Waals surface area contributed by atoms with Crippen molar-refractivity contribution in [3.05, 3.63) is 83.9 Å². The highest BCUT2D eigenvalue weighted by atomic mass is 32.2. The third kappa shape index (κ3) is 4.93. The van der Waals surface area contributed by atoms with Gasteiger partial charge in [-0.1, -0.05) is 6.07 Å². The zero-order chi connectivity index (χ0) is 30.6. The van der Waals surface area contributed by atoms with Gasteiger partial charge in [-0.25, -0.2) is 27.2 Å². The smallest absolute Gasteiger partial charge is 0.255 e. The van der Waals surface area contributed by atoms with E-state index in [9.17, 15) is 22.0 Å². The Hall–Kier alpha value is -5.30. The largest absolute Gasteiger partial charge is 0.455 e. The van der Waals surface area contributed by atoms with Crippen molar-refractivity contribution in [2.24, 2.45) is 0 Å². The van der Waals surface area contributed by atoms with Gasteiger partial charge in [0, 0.05) is 53.6 Å². The number of nitrogens with one attached hydrogen (secondary N) is 2. The first-order valence-corrected chi connectivity index (χ1v) is 14.7. The van der Waals surface area contributed by atoms with Crippen LogP contribution in [0.1, 0.15) is 10.4 Å². The number of hydrogen-bond acceptors (Lipinski definition) is 7. The van der Waals surface area contributed by atoms with Crippen LogP contribution in [0.2, 0.25) is 0 Å². The summed E-state index contributed by atoms with van der Waals surface area (Å²) in [4.78, 5) is 25.3. The summed E-state index contributed by atoms with van der Waals surface area (Å²) >= 11 is 0.